The molecule has 10 heavy (non-hydrogen) atoms. The summed E-state index contributed by atoms with van der Waals surface area (Å²) >= 11 is 0. The summed E-state index contributed by atoms with van der Waals surface area (Å²) in [6, 6.07) is 0. The Morgan fingerprint density at radius 3 is 2.60 bits per heavy atom. The molecule has 0 aromatic heterocycles. The maximum atomic E-state index is 10.8. The maximum absolute atomic E-state index is 10.8. The lowest BCUT2D eigenvalue weighted by molar-refractivity contribution is 0.584. The summed E-state index contributed by atoms with van der Waals surface area (Å²) in [5, 5.41) is 0. The first-order chi connectivity index (χ1) is 4.62. The molecule has 0 saturated carbocycles. The van der Waals surface area contributed by atoms with Gasteiger partial charge in [-0.2, -0.15) is 0 Å². The van der Waals surface area contributed by atoms with E-state index in [1.165, 1.54) is 0 Å². The van der Waals surface area contributed by atoms with E-state index in [4.69, 9.17) is 6.42 Å². The molecule has 0 atom stereocenters. The molecule has 58 valence electrons. The molecule has 0 aliphatic carbocycles. The number of hydrogen-bond donors (Lipinski definition) is 1. The monoisotopic (exact) mass is 161 g/mol. The fraction of sp³-hybridized carbons (Fsp3) is 0.667. The van der Waals surface area contributed by atoms with Crippen LogP contribution < -0.4 is 4.72 Å². The van der Waals surface area contributed by atoms with Gasteiger partial charge in [0.15, 0.2) is 0 Å². The molecule has 0 bridgehead atoms. The maximum Gasteiger partial charge on any atom is 0.212 e. The van der Waals surface area contributed by atoms with Crippen LogP contribution in [0.25, 0.3) is 0 Å². The molecule has 0 spiro atoms. The lowest BCUT2D eigenvalue weighted by atomic mass is 10.6. The van der Waals surface area contributed by atoms with Gasteiger partial charge >= 0.3 is 0 Å². The van der Waals surface area contributed by atoms with Crippen LogP contribution >= 0.6 is 0 Å². The Balaban J connectivity index is 3.80. The van der Waals surface area contributed by atoms with Crippen molar-refractivity contribution < 1.29 is 8.42 Å². The number of nitrogens with one attached hydrogen (secondary N) is 1. The summed E-state index contributed by atoms with van der Waals surface area (Å²) in [7, 11) is -3.09. The van der Waals surface area contributed by atoms with Gasteiger partial charge in [-0.3, -0.25) is 0 Å². The molecular formula is C6H11NO2S. The third-order valence-corrected chi connectivity index (χ3v) is 2.40. The van der Waals surface area contributed by atoms with Crippen LogP contribution in [0, 0.1) is 12.3 Å². The lowest BCUT2D eigenvalue weighted by Crippen LogP contribution is -2.26. The van der Waals surface area contributed by atoms with Crippen molar-refractivity contribution in [3.05, 3.63) is 0 Å². The number of rotatable bonds is 4. The van der Waals surface area contributed by atoms with E-state index < -0.39 is 10.0 Å². The Bertz CT molecular complexity index is 212. The second-order valence-electron chi connectivity index (χ2n) is 1.84. The molecule has 0 aliphatic rings. The summed E-state index contributed by atoms with van der Waals surface area (Å²) < 4.78 is 23.8. The quantitative estimate of drug-likeness (QED) is 0.587. The highest BCUT2D eigenvalue weighted by Gasteiger charge is 2.04. The minimum Gasteiger partial charge on any atom is -0.212 e. The minimum atomic E-state index is -3.09. The summed E-state index contributed by atoms with van der Waals surface area (Å²) in [5.74, 6) is 2.34. The van der Waals surface area contributed by atoms with Crippen LogP contribution in [0.2, 0.25) is 0 Å². The second-order valence-corrected chi connectivity index (χ2v) is 3.77. The molecule has 0 radical (unpaired) electrons. The van der Waals surface area contributed by atoms with Crippen molar-refractivity contribution in [1.82, 2.24) is 4.72 Å². The number of hydrogen-bond acceptors (Lipinski definition) is 2. The van der Waals surface area contributed by atoms with E-state index >= 15 is 0 Å². The predicted octanol–water partition coefficient (Wildman–Crippen LogP) is -0.0510. The molecule has 0 aromatic carbocycles. The van der Waals surface area contributed by atoms with Crippen molar-refractivity contribution in [1.29, 1.82) is 0 Å². The lowest BCUT2D eigenvalue weighted by Gasteiger charge is -1.99. The zero-order valence-electron chi connectivity index (χ0n) is 5.92. The van der Waals surface area contributed by atoms with E-state index in [2.05, 4.69) is 10.6 Å². The fourth-order valence-corrected chi connectivity index (χ4v) is 1.48. The Labute approximate surface area is 61.9 Å². The van der Waals surface area contributed by atoms with E-state index in [-0.39, 0.29) is 12.3 Å². The Morgan fingerprint density at radius 2 is 2.20 bits per heavy atom. The van der Waals surface area contributed by atoms with Crippen molar-refractivity contribution >= 4 is 10.0 Å². The van der Waals surface area contributed by atoms with E-state index in [0.717, 1.165) is 0 Å². The van der Waals surface area contributed by atoms with Gasteiger partial charge in [0.25, 0.3) is 0 Å². The van der Waals surface area contributed by atoms with Crippen LogP contribution in [0.3, 0.4) is 0 Å². The smallest absolute Gasteiger partial charge is 0.212 e. The largest absolute Gasteiger partial charge is 0.212 e. The summed E-state index contributed by atoms with van der Waals surface area (Å²) in [6.07, 6.45) is 5.47. The average molecular weight is 161 g/mol. The third-order valence-electron chi connectivity index (χ3n) is 0.867. The van der Waals surface area contributed by atoms with Gasteiger partial charge in [-0.05, 0) is 6.42 Å². The molecule has 0 rings (SSSR count). The first kappa shape index (κ1) is 9.47. The zero-order valence-corrected chi connectivity index (χ0v) is 6.74. The molecule has 0 unspecified atom stereocenters. The van der Waals surface area contributed by atoms with Gasteiger partial charge in [-0.15, -0.1) is 6.42 Å². The summed E-state index contributed by atoms with van der Waals surface area (Å²) in [6.45, 7) is 1.89. The average Bonchev–Trinajstić information content (AvgIpc) is 1.84. The van der Waals surface area contributed by atoms with Crippen LogP contribution in [-0.4, -0.2) is 20.7 Å². The fourth-order valence-electron chi connectivity index (χ4n) is 0.493. The minimum absolute atomic E-state index is 0.0856. The Hall–Kier alpha value is -0.530. The van der Waals surface area contributed by atoms with Gasteiger partial charge in [0.1, 0.15) is 0 Å². The second kappa shape index (κ2) is 4.31. The third kappa shape index (κ3) is 4.36. The van der Waals surface area contributed by atoms with Gasteiger partial charge in [-0.25, -0.2) is 13.1 Å². The SMILES string of the molecule is C#CCNS(=O)(=O)CCC. The van der Waals surface area contributed by atoms with Crippen LogP contribution in [0.5, 0.6) is 0 Å². The predicted molar refractivity (Wildman–Crippen MR) is 40.9 cm³/mol. The summed E-state index contributed by atoms with van der Waals surface area (Å²) in [5.41, 5.74) is 0. The van der Waals surface area contributed by atoms with Crippen molar-refractivity contribution in [2.75, 3.05) is 12.3 Å². The van der Waals surface area contributed by atoms with E-state index in [1.807, 2.05) is 0 Å². The highest BCUT2D eigenvalue weighted by atomic mass is 32.2. The molecule has 0 aliphatic heterocycles. The molecule has 0 fully saturated rings. The van der Waals surface area contributed by atoms with Gasteiger partial charge < -0.3 is 0 Å². The van der Waals surface area contributed by atoms with E-state index in [1.54, 1.807) is 6.92 Å². The van der Waals surface area contributed by atoms with Crippen molar-refractivity contribution in [3.63, 3.8) is 0 Å². The molecule has 0 aromatic rings. The van der Waals surface area contributed by atoms with Gasteiger partial charge in [0.05, 0.1) is 12.3 Å². The standard InChI is InChI=1S/C6H11NO2S/c1-3-5-7-10(8,9)6-4-2/h1,7H,4-6H2,2H3. The van der Waals surface area contributed by atoms with Crippen molar-refractivity contribution in [2.45, 2.75) is 13.3 Å². The highest BCUT2D eigenvalue weighted by Crippen LogP contribution is 1.85. The van der Waals surface area contributed by atoms with Crippen LogP contribution in [0.4, 0.5) is 0 Å². The normalized spacial score (nSPS) is 10.8. The van der Waals surface area contributed by atoms with Crippen LogP contribution in [-0.2, 0) is 10.0 Å². The zero-order chi connectivity index (χ0) is 8.04. The Kier molecular flexibility index (Phi) is 4.08. The number of terminal acetylenes is 1. The molecule has 0 saturated heterocycles. The van der Waals surface area contributed by atoms with Crippen LogP contribution in [0.15, 0.2) is 0 Å². The highest BCUT2D eigenvalue weighted by molar-refractivity contribution is 7.89. The van der Waals surface area contributed by atoms with Gasteiger partial charge in [-0.1, -0.05) is 12.8 Å². The molecule has 0 amide bonds. The van der Waals surface area contributed by atoms with Crippen molar-refractivity contribution in [3.8, 4) is 12.3 Å². The van der Waals surface area contributed by atoms with Crippen LogP contribution in [0.1, 0.15) is 13.3 Å². The van der Waals surface area contributed by atoms with Gasteiger partial charge in [0, 0.05) is 0 Å². The first-order valence-electron chi connectivity index (χ1n) is 3.03. The molecule has 1 N–H and O–H groups in total. The first-order valence-corrected chi connectivity index (χ1v) is 4.68. The van der Waals surface area contributed by atoms with E-state index in [9.17, 15) is 8.42 Å². The van der Waals surface area contributed by atoms with Gasteiger partial charge in [0.2, 0.25) is 10.0 Å². The Morgan fingerprint density at radius 1 is 1.60 bits per heavy atom. The van der Waals surface area contributed by atoms with E-state index in [0.29, 0.717) is 6.42 Å². The number of sulfonamides is 1. The van der Waals surface area contributed by atoms with Crippen molar-refractivity contribution in [2.24, 2.45) is 0 Å². The molecular weight excluding hydrogens is 150 g/mol. The molecule has 3 nitrogen and oxygen atoms in total. The topological polar surface area (TPSA) is 46.2 Å². The molecule has 0 heterocycles. The molecule has 4 heteroatoms. The summed E-state index contributed by atoms with van der Waals surface area (Å²) in [4.78, 5) is 0.